The van der Waals surface area contributed by atoms with Gasteiger partial charge in [-0.3, -0.25) is 9.36 Å². The summed E-state index contributed by atoms with van der Waals surface area (Å²) in [6.45, 7) is 0. The molecule has 0 aliphatic rings. The summed E-state index contributed by atoms with van der Waals surface area (Å²) in [6, 6.07) is 22.6. The predicted molar refractivity (Wildman–Crippen MR) is 117 cm³/mol. The fraction of sp³-hybridized carbons (Fsp3) is 0.0435. The highest BCUT2D eigenvalue weighted by Crippen LogP contribution is 2.26. The lowest BCUT2D eigenvalue weighted by atomic mass is 10.2. The van der Waals surface area contributed by atoms with Gasteiger partial charge in [-0.1, -0.05) is 54.2 Å². The molecule has 0 aliphatic heterocycles. The Morgan fingerprint density at radius 1 is 0.903 bits per heavy atom. The van der Waals surface area contributed by atoms with Gasteiger partial charge in [0.1, 0.15) is 5.82 Å². The molecule has 2 aromatic heterocycles. The standard InChI is InChI=1S/C23H15FN4O2S/c24-17-11-5-7-13-19(17)28-22(29)16-10-4-6-12-18(16)25-23(28)31-14-20-26-27-21(30-20)15-8-2-1-3-9-15/h1-13H,14H2. The van der Waals surface area contributed by atoms with Crippen molar-refractivity contribution in [2.75, 3.05) is 0 Å². The molecule has 0 radical (unpaired) electrons. The molecule has 0 saturated carbocycles. The van der Waals surface area contributed by atoms with Crippen molar-refractivity contribution in [1.29, 1.82) is 0 Å². The molecule has 6 nitrogen and oxygen atoms in total. The first-order chi connectivity index (χ1) is 15.2. The maximum absolute atomic E-state index is 14.6. The van der Waals surface area contributed by atoms with E-state index in [4.69, 9.17) is 4.42 Å². The van der Waals surface area contributed by atoms with E-state index < -0.39 is 5.82 Å². The molecule has 152 valence electrons. The molecule has 0 spiro atoms. The maximum atomic E-state index is 14.6. The van der Waals surface area contributed by atoms with E-state index >= 15 is 0 Å². The van der Waals surface area contributed by atoms with Crippen LogP contribution in [0.5, 0.6) is 0 Å². The fourth-order valence-electron chi connectivity index (χ4n) is 3.19. The number of hydrogen-bond acceptors (Lipinski definition) is 6. The van der Waals surface area contributed by atoms with Crippen LogP contribution in [0.2, 0.25) is 0 Å². The van der Waals surface area contributed by atoms with Crippen LogP contribution in [0.4, 0.5) is 4.39 Å². The van der Waals surface area contributed by atoms with E-state index in [0.717, 1.165) is 5.56 Å². The van der Waals surface area contributed by atoms with Crippen LogP contribution in [0.15, 0.2) is 93.2 Å². The van der Waals surface area contributed by atoms with Gasteiger partial charge in [-0.05, 0) is 36.4 Å². The van der Waals surface area contributed by atoms with Crippen molar-refractivity contribution in [3.05, 3.63) is 101 Å². The molecule has 2 heterocycles. The Morgan fingerprint density at radius 2 is 1.65 bits per heavy atom. The lowest BCUT2D eigenvalue weighted by molar-refractivity contribution is 0.528. The van der Waals surface area contributed by atoms with Gasteiger partial charge in [0.05, 0.1) is 22.3 Å². The summed E-state index contributed by atoms with van der Waals surface area (Å²) in [5, 5.41) is 8.92. The van der Waals surface area contributed by atoms with Crippen LogP contribution in [0.1, 0.15) is 5.89 Å². The minimum absolute atomic E-state index is 0.142. The molecule has 0 atom stereocenters. The minimum Gasteiger partial charge on any atom is -0.420 e. The first kappa shape index (κ1) is 19.2. The second-order valence-electron chi connectivity index (χ2n) is 6.66. The Kier molecular flexibility index (Phi) is 5.05. The molecule has 0 fully saturated rings. The number of para-hydroxylation sites is 2. The van der Waals surface area contributed by atoms with E-state index in [1.807, 2.05) is 30.3 Å². The molecule has 0 unspecified atom stereocenters. The van der Waals surface area contributed by atoms with Gasteiger partial charge in [0.25, 0.3) is 5.56 Å². The SMILES string of the molecule is O=c1c2ccccc2nc(SCc2nnc(-c3ccccc3)o2)n1-c1ccccc1F. The number of halogens is 1. The summed E-state index contributed by atoms with van der Waals surface area (Å²) in [4.78, 5) is 17.8. The second-order valence-corrected chi connectivity index (χ2v) is 7.60. The molecule has 5 aromatic rings. The first-order valence-corrected chi connectivity index (χ1v) is 10.5. The van der Waals surface area contributed by atoms with Crippen molar-refractivity contribution in [2.24, 2.45) is 0 Å². The maximum Gasteiger partial charge on any atom is 0.266 e. The Morgan fingerprint density at radius 3 is 2.48 bits per heavy atom. The van der Waals surface area contributed by atoms with Crippen molar-refractivity contribution in [1.82, 2.24) is 19.7 Å². The Balaban J connectivity index is 1.54. The van der Waals surface area contributed by atoms with Crippen LogP contribution >= 0.6 is 11.8 Å². The van der Waals surface area contributed by atoms with E-state index in [0.29, 0.717) is 27.8 Å². The van der Waals surface area contributed by atoms with Crippen molar-refractivity contribution < 1.29 is 8.81 Å². The van der Waals surface area contributed by atoms with Gasteiger partial charge in [0.15, 0.2) is 5.16 Å². The van der Waals surface area contributed by atoms with Crippen molar-refractivity contribution in [3.8, 4) is 17.1 Å². The van der Waals surface area contributed by atoms with Crippen LogP contribution < -0.4 is 5.56 Å². The topological polar surface area (TPSA) is 73.8 Å². The summed E-state index contributed by atoms with van der Waals surface area (Å²) in [7, 11) is 0. The fourth-order valence-corrected chi connectivity index (χ4v) is 4.03. The number of hydrogen-bond donors (Lipinski definition) is 0. The Bertz CT molecular complexity index is 1430. The smallest absolute Gasteiger partial charge is 0.266 e. The molecule has 31 heavy (non-hydrogen) atoms. The first-order valence-electron chi connectivity index (χ1n) is 9.48. The van der Waals surface area contributed by atoms with Crippen LogP contribution in [0.3, 0.4) is 0 Å². The molecule has 8 heteroatoms. The monoisotopic (exact) mass is 430 g/mol. The quantitative estimate of drug-likeness (QED) is 0.293. The van der Waals surface area contributed by atoms with Gasteiger partial charge in [0, 0.05) is 5.56 Å². The van der Waals surface area contributed by atoms with Gasteiger partial charge in [-0.25, -0.2) is 9.37 Å². The summed E-state index contributed by atoms with van der Waals surface area (Å²) < 4.78 is 21.6. The van der Waals surface area contributed by atoms with Gasteiger partial charge < -0.3 is 4.42 Å². The number of benzene rings is 3. The van der Waals surface area contributed by atoms with Crippen LogP contribution in [-0.2, 0) is 5.75 Å². The number of thioether (sulfide) groups is 1. The van der Waals surface area contributed by atoms with Gasteiger partial charge >= 0.3 is 0 Å². The van der Waals surface area contributed by atoms with Crippen molar-refractivity contribution in [2.45, 2.75) is 10.9 Å². The van der Waals surface area contributed by atoms with E-state index in [1.165, 1.54) is 22.4 Å². The molecular formula is C23H15FN4O2S. The molecule has 0 amide bonds. The highest BCUT2D eigenvalue weighted by Gasteiger charge is 2.17. The zero-order chi connectivity index (χ0) is 21.2. The Labute approximate surface area is 180 Å². The highest BCUT2D eigenvalue weighted by atomic mass is 32.2. The molecule has 0 aliphatic carbocycles. The van der Waals surface area contributed by atoms with E-state index in [1.54, 1.807) is 42.5 Å². The van der Waals surface area contributed by atoms with E-state index in [-0.39, 0.29) is 17.0 Å². The third-order valence-electron chi connectivity index (χ3n) is 4.65. The average Bonchev–Trinajstić information content (AvgIpc) is 3.28. The molecular weight excluding hydrogens is 415 g/mol. The Hall–Kier alpha value is -3.78. The zero-order valence-electron chi connectivity index (χ0n) is 16.1. The van der Waals surface area contributed by atoms with Crippen LogP contribution in [0, 0.1) is 5.82 Å². The second kappa shape index (κ2) is 8.16. The lowest BCUT2D eigenvalue weighted by Gasteiger charge is -2.13. The van der Waals surface area contributed by atoms with Crippen LogP contribution in [0.25, 0.3) is 28.0 Å². The van der Waals surface area contributed by atoms with E-state index in [9.17, 15) is 9.18 Å². The highest BCUT2D eigenvalue weighted by molar-refractivity contribution is 7.98. The third kappa shape index (κ3) is 3.73. The summed E-state index contributed by atoms with van der Waals surface area (Å²) in [5.41, 5.74) is 1.16. The summed E-state index contributed by atoms with van der Waals surface area (Å²) in [6.07, 6.45) is 0. The average molecular weight is 430 g/mol. The number of rotatable bonds is 5. The van der Waals surface area contributed by atoms with Crippen molar-refractivity contribution >= 4 is 22.7 Å². The molecule has 0 bridgehead atoms. The summed E-state index contributed by atoms with van der Waals surface area (Å²) >= 11 is 1.23. The van der Waals surface area contributed by atoms with Crippen LogP contribution in [-0.4, -0.2) is 19.7 Å². The molecule has 3 aromatic carbocycles. The molecule has 5 rings (SSSR count). The number of aromatic nitrogens is 4. The zero-order valence-corrected chi connectivity index (χ0v) is 16.9. The predicted octanol–water partition coefficient (Wildman–Crippen LogP) is 4.87. The normalized spacial score (nSPS) is 11.1. The lowest BCUT2D eigenvalue weighted by Crippen LogP contribution is -2.22. The third-order valence-corrected chi connectivity index (χ3v) is 5.57. The molecule has 0 saturated heterocycles. The largest absolute Gasteiger partial charge is 0.420 e. The number of fused-ring (bicyclic) bond motifs is 1. The number of nitrogens with zero attached hydrogens (tertiary/aromatic N) is 4. The summed E-state index contributed by atoms with van der Waals surface area (Å²) in [5.74, 6) is 0.562. The van der Waals surface area contributed by atoms with Crippen molar-refractivity contribution in [3.63, 3.8) is 0 Å². The van der Waals surface area contributed by atoms with E-state index in [2.05, 4.69) is 15.2 Å². The molecule has 0 N–H and O–H groups in total. The van der Waals surface area contributed by atoms with Gasteiger partial charge in [-0.2, -0.15) is 0 Å². The van der Waals surface area contributed by atoms with Gasteiger partial charge in [-0.15, -0.1) is 10.2 Å². The minimum atomic E-state index is -0.507. The van der Waals surface area contributed by atoms with Gasteiger partial charge in [0.2, 0.25) is 11.8 Å².